The minimum Gasteiger partial charge on any atom is -0.444 e. The van der Waals surface area contributed by atoms with E-state index in [9.17, 15) is 4.79 Å². The van der Waals surface area contributed by atoms with E-state index in [0.717, 1.165) is 11.1 Å². The van der Waals surface area contributed by atoms with E-state index in [1.807, 2.05) is 31.2 Å². The normalized spacial score (nSPS) is 10.8. The summed E-state index contributed by atoms with van der Waals surface area (Å²) in [5.41, 5.74) is 4.45. The largest absolute Gasteiger partial charge is 0.444 e. The van der Waals surface area contributed by atoms with E-state index in [2.05, 4.69) is 26.5 Å². The molecule has 0 unspecified atom stereocenters. The Morgan fingerprint density at radius 1 is 1.33 bits per heavy atom. The molecule has 4 nitrogen and oxygen atoms in total. The molecule has 18 heavy (non-hydrogen) atoms. The topological polar surface area (TPSA) is 54.6 Å². The number of hydrogen-bond donors (Lipinski definition) is 1. The molecule has 0 aliphatic rings. The van der Waals surface area contributed by atoms with E-state index in [1.54, 1.807) is 18.3 Å². The van der Waals surface area contributed by atoms with Gasteiger partial charge < -0.3 is 4.42 Å². The van der Waals surface area contributed by atoms with Crippen LogP contribution in [-0.2, 0) is 0 Å². The Bertz CT molecular complexity index is 590. The van der Waals surface area contributed by atoms with Crippen LogP contribution in [0.15, 0.2) is 50.6 Å². The zero-order valence-electron chi connectivity index (χ0n) is 9.68. The molecule has 2 aromatic rings. The molecular weight excluding hydrogens is 296 g/mol. The molecule has 0 saturated heterocycles. The summed E-state index contributed by atoms with van der Waals surface area (Å²) in [5.74, 6) is -0.172. The van der Waals surface area contributed by atoms with Gasteiger partial charge in [0.2, 0.25) is 0 Å². The molecule has 2 rings (SSSR count). The van der Waals surface area contributed by atoms with Crippen LogP contribution in [0.1, 0.15) is 21.7 Å². The molecule has 92 valence electrons. The summed E-state index contributed by atoms with van der Waals surface area (Å²) < 4.78 is 5.61. The van der Waals surface area contributed by atoms with Crippen molar-refractivity contribution in [3.8, 4) is 0 Å². The second-order valence-electron chi connectivity index (χ2n) is 3.66. The fraction of sp³-hybridized carbons (Fsp3) is 0.0769. The van der Waals surface area contributed by atoms with Crippen LogP contribution in [0.5, 0.6) is 0 Å². The highest BCUT2D eigenvalue weighted by Gasteiger charge is 2.08. The van der Waals surface area contributed by atoms with Gasteiger partial charge >= 0.3 is 5.91 Å². The van der Waals surface area contributed by atoms with E-state index in [1.165, 1.54) is 0 Å². The van der Waals surface area contributed by atoms with Crippen LogP contribution in [0.2, 0.25) is 0 Å². The van der Waals surface area contributed by atoms with Crippen molar-refractivity contribution in [2.75, 3.05) is 0 Å². The van der Waals surface area contributed by atoms with E-state index in [-0.39, 0.29) is 11.7 Å². The van der Waals surface area contributed by atoms with Crippen molar-refractivity contribution < 1.29 is 9.21 Å². The molecule has 0 fully saturated rings. The number of hydrazone groups is 1. The van der Waals surface area contributed by atoms with Gasteiger partial charge in [-0.3, -0.25) is 4.79 Å². The first-order valence-corrected chi connectivity index (χ1v) is 6.10. The summed E-state index contributed by atoms with van der Waals surface area (Å²) in [6, 6.07) is 11.0. The van der Waals surface area contributed by atoms with Crippen molar-refractivity contribution in [2.24, 2.45) is 5.10 Å². The molecule has 0 atom stereocenters. The SMILES string of the molecule is Cc1ccccc1/C=N\NC(=O)c1ccc(Br)o1. The van der Waals surface area contributed by atoms with Crippen LogP contribution in [0.25, 0.3) is 0 Å². The maximum Gasteiger partial charge on any atom is 0.307 e. The van der Waals surface area contributed by atoms with Gasteiger partial charge in [0.15, 0.2) is 10.4 Å². The zero-order valence-corrected chi connectivity index (χ0v) is 11.3. The number of furan rings is 1. The average Bonchev–Trinajstić information content (AvgIpc) is 2.78. The van der Waals surface area contributed by atoms with Gasteiger partial charge in [-0.1, -0.05) is 24.3 Å². The Morgan fingerprint density at radius 3 is 2.78 bits per heavy atom. The quantitative estimate of drug-likeness (QED) is 0.699. The van der Waals surface area contributed by atoms with Gasteiger partial charge in [0, 0.05) is 0 Å². The maximum absolute atomic E-state index is 11.6. The summed E-state index contributed by atoms with van der Waals surface area (Å²) in [7, 11) is 0. The lowest BCUT2D eigenvalue weighted by atomic mass is 10.1. The van der Waals surface area contributed by atoms with E-state index < -0.39 is 0 Å². The minimum atomic E-state index is -0.384. The predicted molar refractivity (Wildman–Crippen MR) is 72.6 cm³/mol. The number of aryl methyl sites for hydroxylation is 1. The lowest BCUT2D eigenvalue weighted by Gasteiger charge is -1.98. The number of halogens is 1. The Hall–Kier alpha value is -1.88. The molecule has 1 aromatic heterocycles. The number of carbonyl (C=O) groups excluding carboxylic acids is 1. The highest BCUT2D eigenvalue weighted by molar-refractivity contribution is 9.10. The van der Waals surface area contributed by atoms with E-state index in [4.69, 9.17) is 4.42 Å². The third-order valence-corrected chi connectivity index (χ3v) is 2.78. The van der Waals surface area contributed by atoms with Crippen molar-refractivity contribution in [3.63, 3.8) is 0 Å². The molecule has 0 saturated carbocycles. The van der Waals surface area contributed by atoms with Crippen molar-refractivity contribution in [3.05, 3.63) is 58.0 Å². The molecule has 0 aliphatic heterocycles. The van der Waals surface area contributed by atoms with Crippen molar-refractivity contribution in [2.45, 2.75) is 6.92 Å². The Morgan fingerprint density at radius 2 is 2.11 bits per heavy atom. The molecule has 0 spiro atoms. The van der Waals surface area contributed by atoms with E-state index >= 15 is 0 Å². The van der Waals surface area contributed by atoms with Crippen LogP contribution in [-0.4, -0.2) is 12.1 Å². The van der Waals surface area contributed by atoms with Gasteiger partial charge in [0.05, 0.1) is 6.21 Å². The number of nitrogens with one attached hydrogen (secondary N) is 1. The summed E-state index contributed by atoms with van der Waals surface area (Å²) in [4.78, 5) is 11.6. The number of rotatable bonds is 3. The van der Waals surface area contributed by atoms with Crippen molar-refractivity contribution >= 4 is 28.1 Å². The van der Waals surface area contributed by atoms with Crippen LogP contribution < -0.4 is 5.43 Å². The van der Waals surface area contributed by atoms with Gasteiger partial charge in [-0.05, 0) is 46.1 Å². The second-order valence-corrected chi connectivity index (χ2v) is 4.44. The summed E-state index contributed by atoms with van der Waals surface area (Å²) >= 11 is 3.13. The fourth-order valence-corrected chi connectivity index (χ4v) is 1.69. The lowest BCUT2D eigenvalue weighted by molar-refractivity contribution is 0.0926. The first-order chi connectivity index (χ1) is 8.66. The lowest BCUT2D eigenvalue weighted by Crippen LogP contribution is -2.16. The van der Waals surface area contributed by atoms with E-state index in [0.29, 0.717) is 4.67 Å². The summed E-state index contributed by atoms with van der Waals surface area (Å²) in [6.07, 6.45) is 1.60. The second kappa shape index (κ2) is 5.64. The fourth-order valence-electron chi connectivity index (χ4n) is 1.38. The predicted octanol–water partition coefficient (Wildman–Crippen LogP) is 3.11. The molecular formula is C13H11BrN2O2. The number of hydrogen-bond acceptors (Lipinski definition) is 3. The molecule has 1 amide bonds. The third-order valence-electron chi connectivity index (χ3n) is 2.36. The van der Waals surface area contributed by atoms with Crippen LogP contribution >= 0.6 is 15.9 Å². The first-order valence-electron chi connectivity index (χ1n) is 5.31. The molecule has 0 radical (unpaired) electrons. The summed E-state index contributed by atoms with van der Waals surface area (Å²) in [5, 5.41) is 3.89. The smallest absolute Gasteiger partial charge is 0.307 e. The van der Waals surface area contributed by atoms with Gasteiger partial charge in [-0.25, -0.2) is 5.43 Å². The van der Waals surface area contributed by atoms with Crippen LogP contribution in [0.3, 0.4) is 0 Å². The number of amides is 1. The number of nitrogens with zero attached hydrogens (tertiary/aromatic N) is 1. The molecule has 0 bridgehead atoms. The third kappa shape index (κ3) is 3.07. The average molecular weight is 307 g/mol. The Labute approximate surface area is 113 Å². The molecule has 1 heterocycles. The van der Waals surface area contributed by atoms with Gasteiger partial charge in [-0.2, -0.15) is 5.10 Å². The van der Waals surface area contributed by atoms with Gasteiger partial charge in [0.25, 0.3) is 0 Å². The molecule has 0 aliphatic carbocycles. The highest BCUT2D eigenvalue weighted by Crippen LogP contribution is 2.13. The number of benzene rings is 1. The molecule has 5 heteroatoms. The minimum absolute atomic E-state index is 0.212. The van der Waals surface area contributed by atoms with Gasteiger partial charge in [-0.15, -0.1) is 0 Å². The van der Waals surface area contributed by atoms with Crippen LogP contribution in [0, 0.1) is 6.92 Å². The van der Waals surface area contributed by atoms with Gasteiger partial charge in [0.1, 0.15) is 0 Å². The monoisotopic (exact) mass is 306 g/mol. The summed E-state index contributed by atoms with van der Waals surface area (Å²) in [6.45, 7) is 1.98. The first kappa shape index (κ1) is 12.6. The Balaban J connectivity index is 2.00. The highest BCUT2D eigenvalue weighted by atomic mass is 79.9. The van der Waals surface area contributed by atoms with Crippen molar-refractivity contribution in [1.82, 2.24) is 5.43 Å². The Kier molecular flexibility index (Phi) is 3.94. The van der Waals surface area contributed by atoms with Crippen LogP contribution in [0.4, 0.5) is 0 Å². The van der Waals surface area contributed by atoms with Crippen molar-refractivity contribution in [1.29, 1.82) is 0 Å². The maximum atomic E-state index is 11.6. The zero-order chi connectivity index (χ0) is 13.0. The number of carbonyl (C=O) groups is 1. The molecule has 1 N–H and O–H groups in total. The standard InChI is InChI=1S/C13H11BrN2O2/c1-9-4-2-3-5-10(9)8-15-16-13(17)11-6-7-12(14)18-11/h2-8H,1H3,(H,16,17)/b15-8-. The molecule has 1 aromatic carbocycles.